The van der Waals surface area contributed by atoms with Crippen LogP contribution in [-0.2, 0) is 0 Å². The summed E-state index contributed by atoms with van der Waals surface area (Å²) in [6, 6.07) is 28.0. The van der Waals surface area contributed by atoms with Crippen molar-refractivity contribution in [2.75, 3.05) is 27.2 Å². The Morgan fingerprint density at radius 1 is 0.793 bits per heavy atom. The number of hydrogen-bond donors (Lipinski definition) is 0. The van der Waals surface area contributed by atoms with E-state index in [0.717, 1.165) is 18.7 Å². The molecule has 0 saturated carbocycles. The molecule has 3 aromatic rings. The standard InChI is InChI=1S/C26H30BNO/c1-4-25(20-8-6-5-7-9-20)26(21-10-14-23(27)15-11-21)22-12-16-24(17-13-22)29-19-18-28(2)3/h5-17H,4,18-19,27H2,1-3H3. The Balaban J connectivity index is 2.02. The molecular weight excluding hydrogens is 353 g/mol. The van der Waals surface area contributed by atoms with E-state index in [1.807, 2.05) is 0 Å². The third-order valence-electron chi connectivity index (χ3n) is 5.07. The number of benzene rings is 3. The van der Waals surface area contributed by atoms with Crippen LogP contribution < -0.4 is 10.2 Å². The zero-order chi connectivity index (χ0) is 20.6. The Labute approximate surface area is 176 Å². The molecule has 0 aromatic heterocycles. The van der Waals surface area contributed by atoms with Gasteiger partial charge in [0.15, 0.2) is 0 Å². The van der Waals surface area contributed by atoms with Gasteiger partial charge in [0.25, 0.3) is 0 Å². The Bertz CT molecular complexity index is 929. The Morgan fingerprint density at radius 2 is 1.38 bits per heavy atom. The van der Waals surface area contributed by atoms with Crippen LogP contribution in [0.1, 0.15) is 30.0 Å². The molecule has 0 fully saturated rings. The van der Waals surface area contributed by atoms with Gasteiger partial charge in [0.05, 0.1) is 0 Å². The van der Waals surface area contributed by atoms with Crippen LogP contribution in [0.5, 0.6) is 5.75 Å². The molecule has 3 aromatic carbocycles. The van der Waals surface area contributed by atoms with Crippen LogP contribution in [0.15, 0.2) is 78.9 Å². The minimum atomic E-state index is 0.692. The predicted octanol–water partition coefficient (Wildman–Crippen LogP) is 4.25. The third-order valence-corrected chi connectivity index (χ3v) is 5.07. The van der Waals surface area contributed by atoms with Gasteiger partial charge in [0.2, 0.25) is 0 Å². The fourth-order valence-electron chi connectivity index (χ4n) is 3.46. The monoisotopic (exact) mass is 383 g/mol. The molecule has 148 valence electrons. The Morgan fingerprint density at radius 3 is 1.93 bits per heavy atom. The van der Waals surface area contributed by atoms with Gasteiger partial charge in [0.1, 0.15) is 20.2 Å². The highest BCUT2D eigenvalue weighted by atomic mass is 16.5. The second kappa shape index (κ2) is 10.1. The van der Waals surface area contributed by atoms with E-state index in [9.17, 15) is 0 Å². The fraction of sp³-hybridized carbons (Fsp3) is 0.231. The molecule has 0 heterocycles. The van der Waals surface area contributed by atoms with Crippen LogP contribution in [0.4, 0.5) is 0 Å². The first-order valence-corrected chi connectivity index (χ1v) is 10.3. The molecular formula is C26H30BNO. The van der Waals surface area contributed by atoms with E-state index in [2.05, 4.69) is 113 Å². The highest BCUT2D eigenvalue weighted by Gasteiger charge is 2.13. The summed E-state index contributed by atoms with van der Waals surface area (Å²) in [4.78, 5) is 2.12. The zero-order valence-corrected chi connectivity index (χ0v) is 18.0. The summed E-state index contributed by atoms with van der Waals surface area (Å²) in [6.07, 6.45) is 0.967. The van der Waals surface area contributed by atoms with Crippen molar-refractivity contribution >= 4 is 24.5 Å². The molecule has 0 amide bonds. The average molecular weight is 383 g/mol. The van der Waals surface area contributed by atoms with Crippen molar-refractivity contribution in [3.05, 3.63) is 95.6 Å². The first-order chi connectivity index (χ1) is 14.1. The molecule has 0 N–H and O–H groups in total. The van der Waals surface area contributed by atoms with Crippen LogP contribution in [0.2, 0.25) is 0 Å². The largest absolute Gasteiger partial charge is 0.492 e. The first kappa shape index (κ1) is 20.9. The summed E-state index contributed by atoms with van der Waals surface area (Å²) in [5, 5.41) is 0. The Hall–Kier alpha value is -2.78. The predicted molar refractivity (Wildman–Crippen MR) is 128 cm³/mol. The molecule has 0 spiro atoms. The molecule has 0 radical (unpaired) electrons. The van der Waals surface area contributed by atoms with Crippen molar-refractivity contribution in [3.63, 3.8) is 0 Å². The second-order valence-electron chi connectivity index (χ2n) is 7.62. The Kier molecular flexibility index (Phi) is 7.32. The number of rotatable bonds is 8. The van der Waals surface area contributed by atoms with Crippen molar-refractivity contribution in [3.8, 4) is 5.75 Å². The lowest BCUT2D eigenvalue weighted by Gasteiger charge is -2.17. The normalized spacial score (nSPS) is 12.0. The lowest BCUT2D eigenvalue weighted by molar-refractivity contribution is 0.261. The highest BCUT2D eigenvalue weighted by Crippen LogP contribution is 2.34. The third kappa shape index (κ3) is 5.62. The highest BCUT2D eigenvalue weighted by molar-refractivity contribution is 6.32. The molecule has 0 bridgehead atoms. The summed E-state index contributed by atoms with van der Waals surface area (Å²) < 4.78 is 5.89. The smallest absolute Gasteiger partial charge is 0.139 e. The summed E-state index contributed by atoms with van der Waals surface area (Å²) >= 11 is 0. The van der Waals surface area contributed by atoms with E-state index < -0.39 is 0 Å². The molecule has 3 rings (SSSR count). The zero-order valence-electron chi connectivity index (χ0n) is 18.0. The van der Waals surface area contributed by atoms with Crippen molar-refractivity contribution in [1.82, 2.24) is 4.90 Å². The van der Waals surface area contributed by atoms with Crippen LogP contribution in [0.25, 0.3) is 11.1 Å². The molecule has 2 nitrogen and oxygen atoms in total. The molecule has 0 saturated heterocycles. The van der Waals surface area contributed by atoms with Crippen LogP contribution >= 0.6 is 0 Å². The van der Waals surface area contributed by atoms with Gasteiger partial charge in [-0.15, -0.1) is 0 Å². The lowest BCUT2D eigenvalue weighted by atomic mass is 9.86. The topological polar surface area (TPSA) is 12.5 Å². The maximum atomic E-state index is 5.89. The second-order valence-corrected chi connectivity index (χ2v) is 7.62. The lowest BCUT2D eigenvalue weighted by Crippen LogP contribution is -2.19. The van der Waals surface area contributed by atoms with Gasteiger partial charge in [-0.1, -0.05) is 79.1 Å². The SMILES string of the molecule is Bc1ccc(C(=C(CC)c2ccccc2)c2ccc(OCCN(C)C)cc2)cc1. The molecule has 29 heavy (non-hydrogen) atoms. The minimum absolute atomic E-state index is 0.692. The molecule has 3 heteroatoms. The van der Waals surface area contributed by atoms with E-state index in [0.29, 0.717) is 6.61 Å². The van der Waals surface area contributed by atoms with Gasteiger partial charge in [-0.3, -0.25) is 0 Å². The quantitative estimate of drug-likeness (QED) is 0.426. The average Bonchev–Trinajstić information content (AvgIpc) is 2.74. The molecule has 0 aliphatic heterocycles. The van der Waals surface area contributed by atoms with Crippen molar-refractivity contribution in [1.29, 1.82) is 0 Å². The van der Waals surface area contributed by atoms with Gasteiger partial charge in [-0.2, -0.15) is 0 Å². The molecule has 0 aliphatic rings. The van der Waals surface area contributed by atoms with Crippen LogP contribution in [0, 0.1) is 0 Å². The molecule has 0 atom stereocenters. The van der Waals surface area contributed by atoms with Gasteiger partial charge >= 0.3 is 0 Å². The molecule has 0 unspecified atom stereocenters. The van der Waals surface area contributed by atoms with E-state index in [1.54, 1.807) is 0 Å². The van der Waals surface area contributed by atoms with Crippen LogP contribution in [-0.4, -0.2) is 40.0 Å². The maximum Gasteiger partial charge on any atom is 0.139 e. The summed E-state index contributed by atoms with van der Waals surface area (Å²) in [5.41, 5.74) is 7.66. The fourth-order valence-corrected chi connectivity index (χ4v) is 3.46. The number of nitrogens with zero attached hydrogens (tertiary/aromatic N) is 1. The van der Waals surface area contributed by atoms with E-state index in [4.69, 9.17) is 4.74 Å². The van der Waals surface area contributed by atoms with Crippen molar-refractivity contribution < 1.29 is 4.74 Å². The van der Waals surface area contributed by atoms with Gasteiger partial charge < -0.3 is 9.64 Å². The van der Waals surface area contributed by atoms with E-state index in [-0.39, 0.29) is 0 Å². The summed E-state index contributed by atoms with van der Waals surface area (Å²) in [5.74, 6) is 0.914. The minimum Gasteiger partial charge on any atom is -0.492 e. The summed E-state index contributed by atoms with van der Waals surface area (Å²) in [6.45, 7) is 3.83. The van der Waals surface area contributed by atoms with Crippen molar-refractivity contribution in [2.45, 2.75) is 13.3 Å². The number of allylic oxidation sites excluding steroid dienone is 1. The maximum absolute atomic E-state index is 5.89. The van der Waals surface area contributed by atoms with Gasteiger partial charge in [-0.05, 0) is 60.5 Å². The van der Waals surface area contributed by atoms with Gasteiger partial charge in [0, 0.05) is 6.54 Å². The molecule has 0 aliphatic carbocycles. The van der Waals surface area contributed by atoms with Gasteiger partial charge in [-0.25, -0.2) is 0 Å². The number of likely N-dealkylation sites (N-methyl/N-ethyl adjacent to an activating group) is 1. The van der Waals surface area contributed by atoms with E-state index >= 15 is 0 Å². The summed E-state index contributed by atoms with van der Waals surface area (Å²) in [7, 11) is 6.24. The first-order valence-electron chi connectivity index (χ1n) is 10.3. The number of ether oxygens (including phenoxy) is 1. The van der Waals surface area contributed by atoms with E-state index in [1.165, 1.54) is 33.3 Å². The van der Waals surface area contributed by atoms with Crippen molar-refractivity contribution in [2.24, 2.45) is 0 Å². The number of hydrogen-bond acceptors (Lipinski definition) is 2. The van der Waals surface area contributed by atoms with Crippen LogP contribution in [0.3, 0.4) is 0 Å².